The number of piperidine rings is 1. The third kappa shape index (κ3) is 4.46. The van der Waals surface area contributed by atoms with Crippen LogP contribution in [0, 0.1) is 5.92 Å². The van der Waals surface area contributed by atoms with Gasteiger partial charge in [0.25, 0.3) is 5.91 Å². The van der Waals surface area contributed by atoms with Gasteiger partial charge < -0.3 is 15.0 Å². The molecule has 1 aliphatic rings. The predicted octanol–water partition coefficient (Wildman–Crippen LogP) is 2.55. The SMILES string of the molecule is CCCN(CC1CCCNC1)C(=O)c1cccc(OC)c1. The summed E-state index contributed by atoms with van der Waals surface area (Å²) in [5.74, 6) is 1.41. The van der Waals surface area contributed by atoms with Crippen LogP contribution in [0.1, 0.15) is 36.5 Å². The molecule has 1 aliphatic heterocycles. The minimum atomic E-state index is 0.112. The molecule has 4 heteroatoms. The minimum absolute atomic E-state index is 0.112. The zero-order valence-electron chi connectivity index (χ0n) is 13.1. The van der Waals surface area contributed by atoms with Crippen molar-refractivity contribution in [2.75, 3.05) is 33.3 Å². The van der Waals surface area contributed by atoms with E-state index in [-0.39, 0.29) is 5.91 Å². The number of nitrogens with zero attached hydrogens (tertiary/aromatic N) is 1. The van der Waals surface area contributed by atoms with Gasteiger partial charge in [-0.05, 0) is 56.5 Å². The molecule has 2 rings (SSSR count). The normalized spacial score (nSPS) is 18.3. The van der Waals surface area contributed by atoms with Crippen molar-refractivity contribution in [3.8, 4) is 5.75 Å². The molecular weight excluding hydrogens is 264 g/mol. The Bertz CT molecular complexity index is 456. The molecule has 21 heavy (non-hydrogen) atoms. The highest BCUT2D eigenvalue weighted by molar-refractivity contribution is 5.94. The third-order valence-corrected chi connectivity index (χ3v) is 3.97. The van der Waals surface area contributed by atoms with Gasteiger partial charge >= 0.3 is 0 Å². The van der Waals surface area contributed by atoms with Gasteiger partial charge in [-0.2, -0.15) is 0 Å². The van der Waals surface area contributed by atoms with E-state index in [1.807, 2.05) is 29.2 Å². The van der Waals surface area contributed by atoms with Crippen LogP contribution in [0.15, 0.2) is 24.3 Å². The van der Waals surface area contributed by atoms with E-state index in [1.54, 1.807) is 7.11 Å². The summed E-state index contributed by atoms with van der Waals surface area (Å²) in [6, 6.07) is 7.43. The van der Waals surface area contributed by atoms with Crippen LogP contribution < -0.4 is 10.1 Å². The molecular formula is C17H26N2O2. The fourth-order valence-corrected chi connectivity index (χ4v) is 2.88. The van der Waals surface area contributed by atoms with Crippen molar-refractivity contribution >= 4 is 5.91 Å². The quantitative estimate of drug-likeness (QED) is 0.875. The van der Waals surface area contributed by atoms with Crippen LogP contribution in [0.25, 0.3) is 0 Å². The van der Waals surface area contributed by atoms with E-state index >= 15 is 0 Å². The molecule has 1 unspecified atom stereocenters. The number of carbonyl (C=O) groups is 1. The highest BCUT2D eigenvalue weighted by Crippen LogP contribution is 2.17. The van der Waals surface area contributed by atoms with E-state index in [4.69, 9.17) is 4.74 Å². The summed E-state index contributed by atoms with van der Waals surface area (Å²) in [7, 11) is 1.63. The average molecular weight is 290 g/mol. The van der Waals surface area contributed by atoms with Gasteiger partial charge in [0, 0.05) is 18.7 Å². The van der Waals surface area contributed by atoms with Gasteiger partial charge in [-0.25, -0.2) is 0 Å². The van der Waals surface area contributed by atoms with E-state index < -0.39 is 0 Å². The van der Waals surface area contributed by atoms with Crippen molar-refractivity contribution in [1.29, 1.82) is 0 Å². The van der Waals surface area contributed by atoms with E-state index in [9.17, 15) is 4.79 Å². The molecule has 1 saturated heterocycles. The number of amides is 1. The number of rotatable bonds is 6. The molecule has 1 atom stereocenters. The van der Waals surface area contributed by atoms with Crippen LogP contribution in [-0.2, 0) is 0 Å². The zero-order valence-corrected chi connectivity index (χ0v) is 13.1. The van der Waals surface area contributed by atoms with Gasteiger partial charge in [0.2, 0.25) is 0 Å². The van der Waals surface area contributed by atoms with Crippen LogP contribution in [0.4, 0.5) is 0 Å². The van der Waals surface area contributed by atoms with Crippen molar-refractivity contribution in [1.82, 2.24) is 10.2 Å². The maximum Gasteiger partial charge on any atom is 0.253 e. The highest BCUT2D eigenvalue weighted by Gasteiger charge is 2.21. The van der Waals surface area contributed by atoms with Crippen LogP contribution in [0.3, 0.4) is 0 Å². The smallest absolute Gasteiger partial charge is 0.253 e. The van der Waals surface area contributed by atoms with Crippen molar-refractivity contribution in [2.24, 2.45) is 5.92 Å². The van der Waals surface area contributed by atoms with Crippen molar-refractivity contribution < 1.29 is 9.53 Å². The van der Waals surface area contributed by atoms with Crippen LogP contribution in [0.5, 0.6) is 5.75 Å². The molecule has 0 saturated carbocycles. The second kappa shape index (κ2) is 8.03. The monoisotopic (exact) mass is 290 g/mol. The van der Waals surface area contributed by atoms with Gasteiger partial charge in [-0.1, -0.05) is 13.0 Å². The molecule has 4 nitrogen and oxygen atoms in total. The lowest BCUT2D eigenvalue weighted by Gasteiger charge is -2.30. The van der Waals surface area contributed by atoms with E-state index in [0.717, 1.165) is 38.3 Å². The van der Waals surface area contributed by atoms with Crippen LogP contribution in [-0.4, -0.2) is 44.1 Å². The van der Waals surface area contributed by atoms with Crippen molar-refractivity contribution in [2.45, 2.75) is 26.2 Å². The zero-order chi connectivity index (χ0) is 15.1. The Labute approximate surface area is 127 Å². The standard InChI is InChI=1S/C17H26N2O2/c1-3-10-19(13-14-6-5-9-18-12-14)17(20)15-7-4-8-16(11-15)21-2/h4,7-8,11,14,18H,3,5-6,9-10,12-13H2,1-2H3. The fraction of sp³-hybridized carbons (Fsp3) is 0.588. The average Bonchev–Trinajstić information content (AvgIpc) is 2.55. The molecule has 0 aliphatic carbocycles. The molecule has 1 amide bonds. The molecule has 1 N–H and O–H groups in total. The van der Waals surface area contributed by atoms with Crippen LogP contribution in [0.2, 0.25) is 0 Å². The van der Waals surface area contributed by atoms with Gasteiger partial charge in [0.15, 0.2) is 0 Å². The summed E-state index contributed by atoms with van der Waals surface area (Å²) in [6.07, 6.45) is 3.40. The Kier molecular flexibility index (Phi) is 6.05. The second-order valence-electron chi connectivity index (χ2n) is 5.70. The summed E-state index contributed by atoms with van der Waals surface area (Å²) in [5.41, 5.74) is 0.714. The number of carbonyl (C=O) groups excluding carboxylic acids is 1. The van der Waals surface area contributed by atoms with E-state index in [2.05, 4.69) is 12.2 Å². The Morgan fingerprint density at radius 1 is 1.48 bits per heavy atom. The minimum Gasteiger partial charge on any atom is -0.497 e. The Morgan fingerprint density at radius 3 is 3.00 bits per heavy atom. The topological polar surface area (TPSA) is 41.6 Å². The molecule has 0 bridgehead atoms. The summed E-state index contributed by atoms with van der Waals surface area (Å²) >= 11 is 0. The molecule has 1 aromatic carbocycles. The van der Waals surface area contributed by atoms with Crippen molar-refractivity contribution in [3.05, 3.63) is 29.8 Å². The number of benzene rings is 1. The first kappa shape index (κ1) is 15.8. The molecule has 1 aromatic rings. The summed E-state index contributed by atoms with van der Waals surface area (Å²) < 4.78 is 5.21. The first-order valence-corrected chi connectivity index (χ1v) is 7.88. The van der Waals surface area contributed by atoms with Crippen LogP contribution >= 0.6 is 0 Å². The third-order valence-electron chi connectivity index (χ3n) is 3.97. The molecule has 0 radical (unpaired) electrons. The predicted molar refractivity (Wildman–Crippen MR) is 84.8 cm³/mol. The van der Waals surface area contributed by atoms with Gasteiger partial charge in [0.1, 0.15) is 5.75 Å². The number of hydrogen-bond acceptors (Lipinski definition) is 3. The van der Waals surface area contributed by atoms with Crippen molar-refractivity contribution in [3.63, 3.8) is 0 Å². The summed E-state index contributed by atoms with van der Waals surface area (Å²) in [6.45, 7) is 5.90. The fourth-order valence-electron chi connectivity index (χ4n) is 2.88. The Morgan fingerprint density at radius 2 is 2.33 bits per heavy atom. The maximum atomic E-state index is 12.7. The highest BCUT2D eigenvalue weighted by atomic mass is 16.5. The molecule has 116 valence electrons. The largest absolute Gasteiger partial charge is 0.497 e. The maximum absolute atomic E-state index is 12.7. The lowest BCUT2D eigenvalue weighted by molar-refractivity contribution is 0.0718. The summed E-state index contributed by atoms with van der Waals surface area (Å²) in [4.78, 5) is 14.7. The Hall–Kier alpha value is -1.55. The Balaban J connectivity index is 2.06. The van der Waals surface area contributed by atoms with Gasteiger partial charge in [-0.15, -0.1) is 0 Å². The molecule has 1 fully saturated rings. The first-order chi connectivity index (χ1) is 10.2. The number of hydrogen-bond donors (Lipinski definition) is 1. The van der Waals surface area contributed by atoms with Gasteiger partial charge in [-0.3, -0.25) is 4.79 Å². The number of methoxy groups -OCH3 is 1. The number of ether oxygens (including phenoxy) is 1. The second-order valence-corrected chi connectivity index (χ2v) is 5.70. The summed E-state index contributed by atoms with van der Waals surface area (Å²) in [5, 5.41) is 3.42. The molecule has 0 aromatic heterocycles. The molecule has 1 heterocycles. The number of nitrogens with one attached hydrogen (secondary N) is 1. The first-order valence-electron chi connectivity index (χ1n) is 7.88. The molecule has 0 spiro atoms. The van der Waals surface area contributed by atoms with Gasteiger partial charge in [0.05, 0.1) is 7.11 Å². The lowest BCUT2D eigenvalue weighted by Crippen LogP contribution is -2.41. The lowest BCUT2D eigenvalue weighted by atomic mass is 9.98. The van der Waals surface area contributed by atoms with E-state index in [1.165, 1.54) is 12.8 Å². The van der Waals surface area contributed by atoms with E-state index in [0.29, 0.717) is 11.5 Å².